The van der Waals surface area contributed by atoms with Gasteiger partial charge in [-0.3, -0.25) is 9.67 Å². The molecule has 25 heavy (non-hydrogen) atoms. The maximum absolute atomic E-state index is 10.2. The summed E-state index contributed by atoms with van der Waals surface area (Å²) in [7, 11) is 0. The monoisotopic (exact) mass is 338 g/mol. The summed E-state index contributed by atoms with van der Waals surface area (Å²) in [6.45, 7) is 0.782. The quantitative estimate of drug-likeness (QED) is 0.879. The predicted octanol–water partition coefficient (Wildman–Crippen LogP) is 2.97. The molecule has 0 aromatic carbocycles. The summed E-state index contributed by atoms with van der Waals surface area (Å²) < 4.78 is 2.17. The average Bonchev–Trinajstić information content (AvgIpc) is 3.33. The standard InChI is InChI=1S/C20H26N4O/c21-10-12-8-14(9-12)24-11-17(19(23-24)13-3-4-13)20-16(2-1-7-22-20)15-5-6-18(15)25/h1-2,7,11-15,18,25H,3-6,8-10,21H2. The summed E-state index contributed by atoms with van der Waals surface area (Å²) in [5.41, 5.74) is 10.4. The molecule has 2 aromatic rings. The van der Waals surface area contributed by atoms with Gasteiger partial charge in [-0.15, -0.1) is 0 Å². The molecular formula is C20H26N4O. The summed E-state index contributed by atoms with van der Waals surface area (Å²) in [6, 6.07) is 4.61. The number of aromatic nitrogens is 3. The van der Waals surface area contributed by atoms with E-state index >= 15 is 0 Å². The van der Waals surface area contributed by atoms with Gasteiger partial charge in [0.25, 0.3) is 0 Å². The van der Waals surface area contributed by atoms with Gasteiger partial charge in [0.1, 0.15) is 0 Å². The normalized spacial score (nSPS) is 31.4. The van der Waals surface area contributed by atoms with Gasteiger partial charge in [-0.2, -0.15) is 5.10 Å². The molecule has 2 aromatic heterocycles. The highest BCUT2D eigenvalue weighted by Gasteiger charge is 2.37. The Morgan fingerprint density at radius 1 is 1.20 bits per heavy atom. The highest BCUT2D eigenvalue weighted by Crippen LogP contribution is 2.47. The fraction of sp³-hybridized carbons (Fsp3) is 0.600. The molecule has 0 saturated heterocycles. The van der Waals surface area contributed by atoms with Gasteiger partial charge in [0.2, 0.25) is 0 Å². The van der Waals surface area contributed by atoms with Gasteiger partial charge in [0.15, 0.2) is 0 Å². The summed E-state index contributed by atoms with van der Waals surface area (Å²) in [4.78, 5) is 4.72. The van der Waals surface area contributed by atoms with Crippen molar-refractivity contribution in [3.8, 4) is 11.3 Å². The molecule has 3 N–H and O–H groups in total. The van der Waals surface area contributed by atoms with Crippen LogP contribution in [0.1, 0.15) is 67.7 Å². The van der Waals surface area contributed by atoms with Crippen molar-refractivity contribution in [2.75, 3.05) is 6.54 Å². The highest BCUT2D eigenvalue weighted by molar-refractivity contribution is 5.67. The average molecular weight is 338 g/mol. The first kappa shape index (κ1) is 15.5. The SMILES string of the molecule is NCC1CC(n2cc(-c3ncccc3C3CCC3O)c(C3CC3)n2)C1. The van der Waals surface area contributed by atoms with Gasteiger partial charge in [0.05, 0.1) is 23.5 Å². The zero-order valence-electron chi connectivity index (χ0n) is 14.5. The maximum atomic E-state index is 10.2. The van der Waals surface area contributed by atoms with Crippen molar-refractivity contribution in [2.24, 2.45) is 11.7 Å². The summed E-state index contributed by atoms with van der Waals surface area (Å²) in [5, 5.41) is 15.1. The van der Waals surface area contributed by atoms with Crippen LogP contribution in [-0.4, -0.2) is 32.5 Å². The molecule has 3 aliphatic rings. The Balaban J connectivity index is 1.52. The number of aliphatic hydroxyl groups excluding tert-OH is 1. The first-order valence-corrected chi connectivity index (χ1v) is 9.67. The number of nitrogens with zero attached hydrogens (tertiary/aromatic N) is 3. The van der Waals surface area contributed by atoms with Crippen molar-refractivity contribution < 1.29 is 5.11 Å². The molecule has 0 spiro atoms. The van der Waals surface area contributed by atoms with E-state index in [1.165, 1.54) is 29.7 Å². The van der Waals surface area contributed by atoms with Crippen molar-refractivity contribution >= 4 is 0 Å². The van der Waals surface area contributed by atoms with Crippen LogP contribution in [0.3, 0.4) is 0 Å². The lowest BCUT2D eigenvalue weighted by molar-refractivity contribution is 0.0662. The van der Waals surface area contributed by atoms with E-state index in [0.717, 1.165) is 37.9 Å². The predicted molar refractivity (Wildman–Crippen MR) is 96.2 cm³/mol. The molecule has 0 amide bonds. The van der Waals surface area contributed by atoms with Crippen LogP contribution in [0.2, 0.25) is 0 Å². The largest absolute Gasteiger partial charge is 0.392 e. The Labute approximate surface area is 148 Å². The van der Waals surface area contributed by atoms with Gasteiger partial charge in [-0.05, 0) is 62.6 Å². The van der Waals surface area contributed by atoms with E-state index in [0.29, 0.717) is 17.9 Å². The second-order valence-electron chi connectivity index (χ2n) is 8.10. The van der Waals surface area contributed by atoms with Crippen LogP contribution in [-0.2, 0) is 0 Å². The van der Waals surface area contributed by atoms with Crippen LogP contribution in [0.5, 0.6) is 0 Å². The topological polar surface area (TPSA) is 77.0 Å². The number of hydrogen-bond acceptors (Lipinski definition) is 4. The van der Waals surface area contributed by atoms with Gasteiger partial charge in [-0.25, -0.2) is 0 Å². The van der Waals surface area contributed by atoms with Crippen molar-refractivity contribution in [3.63, 3.8) is 0 Å². The van der Waals surface area contributed by atoms with Crippen LogP contribution >= 0.6 is 0 Å². The Kier molecular flexibility index (Phi) is 3.68. The first-order valence-electron chi connectivity index (χ1n) is 9.67. The summed E-state index contributed by atoms with van der Waals surface area (Å²) >= 11 is 0. The molecule has 5 rings (SSSR count). The van der Waals surface area contributed by atoms with Gasteiger partial charge < -0.3 is 10.8 Å². The number of aliphatic hydroxyl groups is 1. The third-order valence-electron chi connectivity index (χ3n) is 6.37. The van der Waals surface area contributed by atoms with Crippen LogP contribution in [0.25, 0.3) is 11.3 Å². The third kappa shape index (κ3) is 2.61. The highest BCUT2D eigenvalue weighted by atomic mass is 16.3. The molecular weight excluding hydrogens is 312 g/mol. The van der Waals surface area contributed by atoms with Gasteiger partial charge in [-0.1, -0.05) is 6.07 Å². The molecule has 3 saturated carbocycles. The van der Waals surface area contributed by atoms with E-state index in [-0.39, 0.29) is 12.0 Å². The zero-order valence-corrected chi connectivity index (χ0v) is 14.5. The molecule has 5 nitrogen and oxygen atoms in total. The second-order valence-corrected chi connectivity index (χ2v) is 8.10. The Morgan fingerprint density at radius 3 is 2.68 bits per heavy atom. The molecule has 0 bridgehead atoms. The Hall–Kier alpha value is -1.72. The van der Waals surface area contributed by atoms with E-state index in [9.17, 15) is 5.11 Å². The van der Waals surface area contributed by atoms with Crippen LogP contribution in [0, 0.1) is 5.92 Å². The van der Waals surface area contributed by atoms with Crippen LogP contribution in [0.4, 0.5) is 0 Å². The lowest BCUT2D eigenvalue weighted by atomic mass is 9.76. The van der Waals surface area contributed by atoms with E-state index < -0.39 is 0 Å². The van der Waals surface area contributed by atoms with Crippen molar-refractivity contribution in [2.45, 2.75) is 62.5 Å². The maximum Gasteiger partial charge on any atom is 0.0772 e. The Morgan fingerprint density at radius 2 is 2.04 bits per heavy atom. The van der Waals surface area contributed by atoms with E-state index in [4.69, 9.17) is 15.8 Å². The number of nitrogens with two attached hydrogens (primary N) is 1. The van der Waals surface area contributed by atoms with Crippen molar-refractivity contribution in [3.05, 3.63) is 35.8 Å². The van der Waals surface area contributed by atoms with Crippen molar-refractivity contribution in [1.29, 1.82) is 0 Å². The lowest BCUT2D eigenvalue weighted by Crippen LogP contribution is -2.32. The molecule has 3 aliphatic carbocycles. The molecule has 3 fully saturated rings. The number of hydrogen-bond donors (Lipinski definition) is 2. The second kappa shape index (κ2) is 5.92. The summed E-state index contributed by atoms with van der Waals surface area (Å²) in [5.74, 6) is 1.46. The molecule has 0 radical (unpaired) electrons. The number of pyridine rings is 1. The van der Waals surface area contributed by atoms with E-state index in [2.05, 4.69) is 16.9 Å². The first-order chi connectivity index (χ1) is 12.2. The van der Waals surface area contributed by atoms with E-state index in [1.54, 1.807) is 0 Å². The number of rotatable bonds is 5. The van der Waals surface area contributed by atoms with Crippen LogP contribution in [0.15, 0.2) is 24.5 Å². The van der Waals surface area contributed by atoms with Gasteiger partial charge in [0, 0.05) is 29.8 Å². The molecule has 132 valence electrons. The van der Waals surface area contributed by atoms with Crippen molar-refractivity contribution in [1.82, 2.24) is 14.8 Å². The minimum atomic E-state index is -0.223. The molecule has 0 aliphatic heterocycles. The van der Waals surface area contributed by atoms with E-state index in [1.807, 2.05) is 12.3 Å². The minimum Gasteiger partial charge on any atom is -0.392 e. The Bertz CT molecular complexity index is 776. The zero-order chi connectivity index (χ0) is 17.0. The summed E-state index contributed by atoms with van der Waals surface area (Å²) in [6.07, 6.45) is 10.5. The third-order valence-corrected chi connectivity index (χ3v) is 6.37. The molecule has 2 heterocycles. The van der Waals surface area contributed by atoms with Crippen LogP contribution < -0.4 is 5.73 Å². The fourth-order valence-electron chi connectivity index (χ4n) is 4.33. The smallest absolute Gasteiger partial charge is 0.0772 e. The lowest BCUT2D eigenvalue weighted by Gasteiger charge is -2.34. The molecule has 5 heteroatoms. The molecule has 2 unspecified atom stereocenters. The minimum absolute atomic E-state index is 0.223. The van der Waals surface area contributed by atoms with Gasteiger partial charge >= 0.3 is 0 Å². The fourth-order valence-corrected chi connectivity index (χ4v) is 4.33. The molecule has 2 atom stereocenters.